The van der Waals surface area contributed by atoms with Gasteiger partial charge < -0.3 is 16.0 Å². The molecule has 28 heavy (non-hydrogen) atoms. The molecule has 1 aliphatic heterocycles. The van der Waals surface area contributed by atoms with E-state index < -0.39 is 0 Å². The molecule has 1 heterocycles. The fourth-order valence-electron chi connectivity index (χ4n) is 3.48. The second-order valence-corrected chi connectivity index (χ2v) is 7.18. The van der Waals surface area contributed by atoms with Gasteiger partial charge in [0.15, 0.2) is 0 Å². The molecular formula is C22H28N4O2. The molecule has 148 valence electrons. The van der Waals surface area contributed by atoms with Crippen LogP contribution in [-0.2, 0) is 17.8 Å². The van der Waals surface area contributed by atoms with Gasteiger partial charge in [0.25, 0.3) is 0 Å². The van der Waals surface area contributed by atoms with Gasteiger partial charge in [0, 0.05) is 44.8 Å². The van der Waals surface area contributed by atoms with Crippen LogP contribution in [0.2, 0.25) is 0 Å². The molecule has 6 heteroatoms. The van der Waals surface area contributed by atoms with Crippen LogP contribution in [0.25, 0.3) is 0 Å². The third kappa shape index (κ3) is 6.09. The van der Waals surface area contributed by atoms with Crippen molar-refractivity contribution in [2.75, 3.05) is 25.5 Å². The lowest BCUT2D eigenvalue weighted by atomic mass is 10.1. The molecule has 1 saturated heterocycles. The predicted octanol–water partition coefficient (Wildman–Crippen LogP) is 2.76. The Balaban J connectivity index is 1.45. The predicted molar refractivity (Wildman–Crippen MR) is 111 cm³/mol. The normalized spacial score (nSPS) is 16.5. The lowest BCUT2D eigenvalue weighted by molar-refractivity contribution is -0.120. The summed E-state index contributed by atoms with van der Waals surface area (Å²) >= 11 is 0. The van der Waals surface area contributed by atoms with Gasteiger partial charge in [-0.2, -0.15) is 0 Å². The number of anilines is 1. The van der Waals surface area contributed by atoms with Crippen molar-refractivity contribution in [2.24, 2.45) is 0 Å². The molecule has 1 fully saturated rings. The minimum atomic E-state index is -0.185. The van der Waals surface area contributed by atoms with Crippen molar-refractivity contribution in [1.29, 1.82) is 0 Å². The summed E-state index contributed by atoms with van der Waals surface area (Å²) in [5.41, 5.74) is 3.06. The average molecular weight is 380 g/mol. The van der Waals surface area contributed by atoms with Crippen LogP contribution in [0, 0.1) is 0 Å². The second-order valence-electron chi connectivity index (χ2n) is 7.18. The number of carbonyl (C=O) groups is 2. The van der Waals surface area contributed by atoms with Crippen molar-refractivity contribution < 1.29 is 9.59 Å². The summed E-state index contributed by atoms with van der Waals surface area (Å²) in [6.07, 6.45) is 2.03. The molecule has 3 rings (SSSR count). The Labute approximate surface area is 166 Å². The van der Waals surface area contributed by atoms with Crippen molar-refractivity contribution in [3.8, 4) is 0 Å². The van der Waals surface area contributed by atoms with E-state index in [9.17, 15) is 9.59 Å². The Bertz CT molecular complexity index is 794. The molecule has 0 spiro atoms. The van der Waals surface area contributed by atoms with Gasteiger partial charge >= 0.3 is 6.03 Å². The summed E-state index contributed by atoms with van der Waals surface area (Å²) in [7, 11) is 1.63. The molecule has 6 nitrogen and oxygen atoms in total. The molecule has 1 aliphatic rings. The fourth-order valence-corrected chi connectivity index (χ4v) is 3.48. The number of amides is 3. The van der Waals surface area contributed by atoms with Crippen molar-refractivity contribution in [3.05, 3.63) is 65.7 Å². The second kappa shape index (κ2) is 9.90. The molecular weight excluding hydrogens is 352 g/mol. The SMILES string of the molecule is CNC(=O)CCc1cccc(NC(=O)N[C@H]2CCN(Cc3ccccc3)C2)c1. The fraction of sp³-hybridized carbons (Fsp3) is 0.364. The first-order valence-corrected chi connectivity index (χ1v) is 9.75. The topological polar surface area (TPSA) is 73.5 Å². The van der Waals surface area contributed by atoms with E-state index in [0.29, 0.717) is 12.8 Å². The Morgan fingerprint density at radius 2 is 1.86 bits per heavy atom. The highest BCUT2D eigenvalue weighted by Gasteiger charge is 2.23. The van der Waals surface area contributed by atoms with Gasteiger partial charge in [-0.1, -0.05) is 42.5 Å². The number of aryl methyl sites for hydroxylation is 1. The first-order chi connectivity index (χ1) is 13.6. The zero-order valence-corrected chi connectivity index (χ0v) is 16.3. The van der Waals surface area contributed by atoms with E-state index in [-0.39, 0.29) is 18.0 Å². The Hall–Kier alpha value is -2.86. The van der Waals surface area contributed by atoms with Gasteiger partial charge in [-0.05, 0) is 36.1 Å². The largest absolute Gasteiger partial charge is 0.359 e. The van der Waals surface area contributed by atoms with E-state index in [4.69, 9.17) is 0 Å². The van der Waals surface area contributed by atoms with Crippen molar-refractivity contribution in [3.63, 3.8) is 0 Å². The lowest BCUT2D eigenvalue weighted by Gasteiger charge is -2.17. The molecule has 0 unspecified atom stereocenters. The molecule has 0 saturated carbocycles. The van der Waals surface area contributed by atoms with E-state index in [2.05, 4.69) is 45.1 Å². The Morgan fingerprint density at radius 3 is 2.64 bits per heavy atom. The Kier molecular flexibility index (Phi) is 7.03. The van der Waals surface area contributed by atoms with E-state index in [1.165, 1.54) is 5.56 Å². The molecule has 3 amide bonds. The van der Waals surface area contributed by atoms with E-state index in [0.717, 1.165) is 37.3 Å². The number of carbonyl (C=O) groups excluding carboxylic acids is 2. The minimum absolute atomic E-state index is 0.0115. The molecule has 0 aromatic heterocycles. The first-order valence-electron chi connectivity index (χ1n) is 9.75. The van der Waals surface area contributed by atoms with Crippen LogP contribution in [0.1, 0.15) is 24.0 Å². The van der Waals surface area contributed by atoms with Crippen LogP contribution in [0.4, 0.5) is 10.5 Å². The van der Waals surface area contributed by atoms with Crippen LogP contribution < -0.4 is 16.0 Å². The molecule has 2 aromatic carbocycles. The minimum Gasteiger partial charge on any atom is -0.359 e. The zero-order valence-electron chi connectivity index (χ0n) is 16.3. The summed E-state index contributed by atoms with van der Waals surface area (Å²) in [6.45, 7) is 2.75. The lowest BCUT2D eigenvalue weighted by Crippen LogP contribution is -2.39. The highest BCUT2D eigenvalue weighted by Crippen LogP contribution is 2.15. The number of rotatable bonds is 7. The van der Waals surface area contributed by atoms with E-state index in [1.54, 1.807) is 7.05 Å². The third-order valence-electron chi connectivity index (χ3n) is 4.96. The van der Waals surface area contributed by atoms with Gasteiger partial charge in [0.05, 0.1) is 0 Å². The molecule has 2 aromatic rings. The first kappa shape index (κ1) is 19.9. The van der Waals surface area contributed by atoms with Gasteiger partial charge in [-0.3, -0.25) is 9.69 Å². The monoisotopic (exact) mass is 380 g/mol. The Morgan fingerprint density at radius 1 is 1.07 bits per heavy atom. The van der Waals surface area contributed by atoms with Gasteiger partial charge in [-0.15, -0.1) is 0 Å². The van der Waals surface area contributed by atoms with Gasteiger partial charge in [0.1, 0.15) is 0 Å². The number of hydrogen-bond donors (Lipinski definition) is 3. The number of likely N-dealkylation sites (tertiary alicyclic amines) is 1. The van der Waals surface area contributed by atoms with E-state index >= 15 is 0 Å². The smallest absolute Gasteiger partial charge is 0.319 e. The number of hydrogen-bond acceptors (Lipinski definition) is 3. The molecule has 0 bridgehead atoms. The summed E-state index contributed by atoms with van der Waals surface area (Å²) in [6, 6.07) is 18.0. The van der Waals surface area contributed by atoms with Gasteiger partial charge in [-0.25, -0.2) is 4.79 Å². The van der Waals surface area contributed by atoms with Crippen LogP contribution >= 0.6 is 0 Å². The molecule has 3 N–H and O–H groups in total. The van der Waals surface area contributed by atoms with Crippen LogP contribution in [0.15, 0.2) is 54.6 Å². The van der Waals surface area contributed by atoms with Crippen molar-refractivity contribution >= 4 is 17.6 Å². The highest BCUT2D eigenvalue weighted by molar-refractivity contribution is 5.89. The van der Waals surface area contributed by atoms with Gasteiger partial charge in [0.2, 0.25) is 5.91 Å². The quantitative estimate of drug-likeness (QED) is 0.692. The molecule has 0 aliphatic carbocycles. The van der Waals surface area contributed by atoms with Crippen LogP contribution in [0.5, 0.6) is 0 Å². The van der Waals surface area contributed by atoms with Crippen LogP contribution in [0.3, 0.4) is 0 Å². The summed E-state index contributed by atoms with van der Waals surface area (Å²) in [5, 5.41) is 8.59. The molecule has 0 radical (unpaired) electrons. The van der Waals surface area contributed by atoms with Crippen molar-refractivity contribution in [1.82, 2.24) is 15.5 Å². The zero-order chi connectivity index (χ0) is 19.8. The van der Waals surface area contributed by atoms with E-state index in [1.807, 2.05) is 30.3 Å². The number of nitrogens with one attached hydrogen (secondary N) is 3. The number of nitrogens with zero attached hydrogens (tertiary/aromatic N) is 1. The third-order valence-corrected chi connectivity index (χ3v) is 4.96. The van der Waals surface area contributed by atoms with Crippen molar-refractivity contribution in [2.45, 2.75) is 31.8 Å². The maximum Gasteiger partial charge on any atom is 0.319 e. The average Bonchev–Trinajstić information content (AvgIpc) is 3.13. The standard InChI is InChI=1S/C22H28N4O2/c1-23-21(27)11-10-17-8-5-9-19(14-17)24-22(28)25-20-12-13-26(16-20)15-18-6-3-2-4-7-18/h2-9,14,20H,10-13,15-16H2,1H3,(H,23,27)(H2,24,25,28)/t20-/m0/s1. The summed E-state index contributed by atoms with van der Waals surface area (Å²) in [5.74, 6) is 0.0115. The summed E-state index contributed by atoms with van der Waals surface area (Å²) in [4.78, 5) is 26.1. The number of urea groups is 1. The highest BCUT2D eigenvalue weighted by atomic mass is 16.2. The summed E-state index contributed by atoms with van der Waals surface area (Å²) < 4.78 is 0. The maximum absolute atomic E-state index is 12.4. The van der Waals surface area contributed by atoms with Crippen LogP contribution in [-0.4, -0.2) is 43.0 Å². The number of benzene rings is 2. The maximum atomic E-state index is 12.4. The molecule has 1 atom stereocenters.